The summed E-state index contributed by atoms with van der Waals surface area (Å²) in [5.74, 6) is 0.785. The maximum atomic E-state index is 14.7. The largest absolute Gasteiger partial charge is 0.371 e. The monoisotopic (exact) mass is 402 g/mol. The topological polar surface area (TPSA) is 43.1 Å². The number of piperidine rings is 1. The summed E-state index contributed by atoms with van der Waals surface area (Å²) in [5.41, 5.74) is 1.64. The van der Waals surface area contributed by atoms with E-state index in [-0.39, 0.29) is 6.04 Å². The molecule has 28 heavy (non-hydrogen) atoms. The Morgan fingerprint density at radius 1 is 1.29 bits per heavy atom. The second-order valence-corrected chi connectivity index (χ2v) is 8.49. The first-order valence-electron chi connectivity index (χ1n) is 10.0. The molecule has 150 valence electrons. The number of fused-ring (bicyclic) bond motifs is 1. The van der Waals surface area contributed by atoms with E-state index in [9.17, 15) is 4.39 Å². The molecule has 0 spiro atoms. The van der Waals surface area contributed by atoms with E-state index >= 15 is 0 Å². The molecule has 2 fully saturated rings. The molecule has 0 radical (unpaired) electrons. The van der Waals surface area contributed by atoms with Crippen LogP contribution in [-0.4, -0.2) is 34.7 Å². The average Bonchev–Trinajstić information content (AvgIpc) is 3.06. The van der Waals surface area contributed by atoms with Crippen LogP contribution in [0.25, 0.3) is 10.9 Å². The van der Waals surface area contributed by atoms with Gasteiger partial charge in [-0.25, -0.2) is 4.39 Å². The Morgan fingerprint density at radius 2 is 2.11 bits per heavy atom. The summed E-state index contributed by atoms with van der Waals surface area (Å²) in [6.45, 7) is 10.5. The Morgan fingerprint density at radius 3 is 2.86 bits per heavy atom. The molecule has 6 heteroatoms. The minimum atomic E-state index is -1.17. The Labute approximate surface area is 170 Å². The molecule has 0 bridgehead atoms. The van der Waals surface area contributed by atoms with Gasteiger partial charge in [0.1, 0.15) is 5.67 Å². The molecule has 2 aliphatic rings. The van der Waals surface area contributed by atoms with E-state index < -0.39 is 5.67 Å². The van der Waals surface area contributed by atoms with Gasteiger partial charge in [0.05, 0.1) is 12.4 Å². The van der Waals surface area contributed by atoms with E-state index in [1.54, 1.807) is 0 Å². The van der Waals surface area contributed by atoms with Crippen LogP contribution < -0.4 is 10.6 Å². The zero-order valence-electron chi connectivity index (χ0n) is 16.2. The first-order valence-corrected chi connectivity index (χ1v) is 10.4. The van der Waals surface area contributed by atoms with E-state index in [1.165, 1.54) is 0 Å². The predicted molar refractivity (Wildman–Crippen MR) is 114 cm³/mol. The SMILES string of the molecule is C=C(NCc1cc2cc(Cl)ccc2[nH]1)NC1CCCN(C(=C)C2(F)CCC2)C1. The minimum Gasteiger partial charge on any atom is -0.371 e. The summed E-state index contributed by atoms with van der Waals surface area (Å²) in [6.07, 6.45) is 4.28. The maximum Gasteiger partial charge on any atom is 0.149 e. The lowest BCUT2D eigenvalue weighted by molar-refractivity contribution is 0.0591. The fourth-order valence-corrected chi connectivity index (χ4v) is 4.34. The Bertz CT molecular complexity index is 886. The lowest BCUT2D eigenvalue weighted by Crippen LogP contribution is -2.50. The molecule has 1 saturated carbocycles. The average molecular weight is 403 g/mol. The molecule has 1 saturated heterocycles. The van der Waals surface area contributed by atoms with Gasteiger partial charge in [-0.1, -0.05) is 24.8 Å². The highest BCUT2D eigenvalue weighted by atomic mass is 35.5. The van der Waals surface area contributed by atoms with Crippen molar-refractivity contribution in [2.24, 2.45) is 0 Å². The second kappa shape index (κ2) is 7.70. The number of rotatable bonds is 7. The molecular weight excluding hydrogens is 375 g/mol. The van der Waals surface area contributed by atoms with Crippen molar-refractivity contribution >= 4 is 22.5 Å². The number of allylic oxidation sites excluding steroid dienone is 1. The number of likely N-dealkylation sites (tertiary alicyclic amines) is 1. The number of nitrogens with one attached hydrogen (secondary N) is 3. The Balaban J connectivity index is 1.28. The van der Waals surface area contributed by atoms with E-state index in [0.717, 1.165) is 59.8 Å². The molecular formula is C22H28ClFN4. The van der Waals surface area contributed by atoms with Crippen LogP contribution >= 0.6 is 11.6 Å². The van der Waals surface area contributed by atoms with Gasteiger partial charge in [-0.2, -0.15) is 0 Å². The van der Waals surface area contributed by atoms with Crippen LogP contribution in [0.15, 0.2) is 48.9 Å². The molecule has 2 heterocycles. The standard InChI is InChI=1S/C22H28ClFN4/c1-15(22(24)8-4-9-22)28-10-3-5-19(14-28)26-16(2)25-13-20-12-17-11-18(23)6-7-21(17)27-20/h6-7,11-12,19,25-27H,1-5,8-10,13-14H2. The minimum absolute atomic E-state index is 0.246. The van der Waals surface area contributed by atoms with Crippen LogP contribution in [0, 0.1) is 0 Å². The van der Waals surface area contributed by atoms with Crippen molar-refractivity contribution in [3.8, 4) is 0 Å². The molecule has 1 aliphatic carbocycles. The lowest BCUT2D eigenvalue weighted by Gasteiger charge is -2.44. The van der Waals surface area contributed by atoms with Crippen LogP contribution in [-0.2, 0) is 6.54 Å². The van der Waals surface area contributed by atoms with Crippen molar-refractivity contribution in [1.82, 2.24) is 20.5 Å². The summed E-state index contributed by atoms with van der Waals surface area (Å²) in [5, 5.41) is 8.62. The summed E-state index contributed by atoms with van der Waals surface area (Å²) >= 11 is 6.05. The maximum absolute atomic E-state index is 14.7. The van der Waals surface area contributed by atoms with E-state index in [4.69, 9.17) is 11.6 Å². The van der Waals surface area contributed by atoms with Gasteiger partial charge in [0.15, 0.2) is 0 Å². The van der Waals surface area contributed by atoms with Gasteiger partial charge in [-0.05, 0) is 56.4 Å². The van der Waals surface area contributed by atoms with Crippen LogP contribution in [0.3, 0.4) is 0 Å². The third-order valence-corrected chi connectivity index (χ3v) is 6.21. The zero-order valence-corrected chi connectivity index (χ0v) is 16.9. The number of nitrogens with zero attached hydrogens (tertiary/aromatic N) is 1. The Kier molecular flexibility index (Phi) is 5.28. The Hall–Kier alpha value is -2.14. The molecule has 4 nitrogen and oxygen atoms in total. The third-order valence-electron chi connectivity index (χ3n) is 5.98. The molecule has 4 rings (SSSR count). The third kappa shape index (κ3) is 4.00. The van der Waals surface area contributed by atoms with Gasteiger partial charge < -0.3 is 20.5 Å². The summed E-state index contributed by atoms with van der Waals surface area (Å²) in [6, 6.07) is 8.15. The zero-order chi connectivity index (χ0) is 19.7. The van der Waals surface area contributed by atoms with Crippen molar-refractivity contribution < 1.29 is 4.39 Å². The fourth-order valence-electron chi connectivity index (χ4n) is 4.16. The van der Waals surface area contributed by atoms with Crippen molar-refractivity contribution in [2.75, 3.05) is 13.1 Å². The van der Waals surface area contributed by atoms with Gasteiger partial charge in [-0.15, -0.1) is 0 Å². The summed E-state index contributed by atoms with van der Waals surface area (Å²) in [4.78, 5) is 5.50. The molecule has 1 aliphatic heterocycles. The highest BCUT2D eigenvalue weighted by Crippen LogP contribution is 2.43. The molecule has 1 aromatic heterocycles. The highest BCUT2D eigenvalue weighted by molar-refractivity contribution is 6.31. The number of aromatic amines is 1. The number of aromatic nitrogens is 1. The number of hydrogen-bond acceptors (Lipinski definition) is 3. The molecule has 2 aromatic rings. The summed E-state index contributed by atoms with van der Waals surface area (Å²) < 4.78 is 14.7. The smallest absolute Gasteiger partial charge is 0.149 e. The first kappa shape index (κ1) is 19.2. The van der Waals surface area contributed by atoms with E-state index in [1.807, 2.05) is 18.2 Å². The molecule has 3 N–H and O–H groups in total. The van der Waals surface area contributed by atoms with Crippen LogP contribution in [0.2, 0.25) is 5.02 Å². The normalized spacial score (nSPS) is 21.2. The molecule has 1 atom stereocenters. The van der Waals surface area contributed by atoms with Crippen molar-refractivity contribution in [2.45, 2.75) is 50.4 Å². The van der Waals surface area contributed by atoms with Gasteiger partial charge in [-0.3, -0.25) is 0 Å². The van der Waals surface area contributed by atoms with Crippen LogP contribution in [0.1, 0.15) is 37.8 Å². The number of H-pyrrole nitrogens is 1. The fraction of sp³-hybridized carbons (Fsp3) is 0.455. The van der Waals surface area contributed by atoms with Crippen molar-refractivity contribution in [1.29, 1.82) is 0 Å². The van der Waals surface area contributed by atoms with Crippen molar-refractivity contribution in [3.63, 3.8) is 0 Å². The van der Waals surface area contributed by atoms with Gasteiger partial charge in [0, 0.05) is 46.4 Å². The lowest BCUT2D eigenvalue weighted by atomic mass is 9.79. The number of hydrogen-bond donors (Lipinski definition) is 3. The number of halogens is 2. The first-order chi connectivity index (χ1) is 13.4. The van der Waals surface area contributed by atoms with E-state index in [2.05, 4.69) is 39.7 Å². The van der Waals surface area contributed by atoms with Gasteiger partial charge >= 0.3 is 0 Å². The van der Waals surface area contributed by atoms with E-state index in [0.29, 0.717) is 25.1 Å². The molecule has 1 aromatic carbocycles. The quantitative estimate of drug-likeness (QED) is 0.620. The predicted octanol–water partition coefficient (Wildman–Crippen LogP) is 4.84. The van der Waals surface area contributed by atoms with Gasteiger partial charge in [0.25, 0.3) is 0 Å². The highest BCUT2D eigenvalue weighted by Gasteiger charge is 2.42. The van der Waals surface area contributed by atoms with Crippen molar-refractivity contribution in [3.05, 3.63) is 59.7 Å². The van der Waals surface area contributed by atoms with Gasteiger partial charge in [0.2, 0.25) is 0 Å². The molecule has 1 unspecified atom stereocenters. The van der Waals surface area contributed by atoms with Crippen LogP contribution in [0.4, 0.5) is 4.39 Å². The van der Waals surface area contributed by atoms with Crippen LogP contribution in [0.5, 0.6) is 0 Å². The summed E-state index contributed by atoms with van der Waals surface area (Å²) in [7, 11) is 0. The number of benzene rings is 1. The molecule has 0 amide bonds. The number of alkyl halides is 1. The second-order valence-electron chi connectivity index (χ2n) is 8.05.